The van der Waals surface area contributed by atoms with Crippen molar-refractivity contribution in [3.8, 4) is 0 Å². The second-order valence-corrected chi connectivity index (χ2v) is 5.55. The topological polar surface area (TPSA) is 41.4 Å². The number of rotatable bonds is 6. The van der Waals surface area contributed by atoms with Crippen molar-refractivity contribution in [3.63, 3.8) is 0 Å². The minimum atomic E-state index is 0.0282. The molecule has 1 fully saturated rings. The molecule has 1 atom stereocenters. The fourth-order valence-electron chi connectivity index (χ4n) is 2.72. The van der Waals surface area contributed by atoms with Crippen LogP contribution in [0.1, 0.15) is 38.8 Å². The molecule has 1 saturated heterocycles. The molecule has 0 aliphatic carbocycles. The summed E-state index contributed by atoms with van der Waals surface area (Å²) in [5.41, 5.74) is 1.06. The molecule has 1 amide bonds. The van der Waals surface area contributed by atoms with Crippen LogP contribution in [0.2, 0.25) is 0 Å². The van der Waals surface area contributed by atoms with E-state index in [1.165, 1.54) is 0 Å². The van der Waals surface area contributed by atoms with Crippen LogP contribution in [-0.4, -0.2) is 51.7 Å². The van der Waals surface area contributed by atoms with Crippen LogP contribution >= 0.6 is 0 Å². The highest BCUT2D eigenvalue weighted by Crippen LogP contribution is 2.18. The first kappa shape index (κ1) is 15.0. The van der Waals surface area contributed by atoms with Crippen molar-refractivity contribution in [2.75, 3.05) is 20.1 Å². The van der Waals surface area contributed by atoms with E-state index in [-0.39, 0.29) is 11.9 Å². The van der Waals surface area contributed by atoms with E-state index < -0.39 is 0 Å². The maximum Gasteiger partial charge on any atom is 0.239 e. The summed E-state index contributed by atoms with van der Waals surface area (Å²) in [4.78, 5) is 16.5. The number of aromatic nitrogens is 2. The van der Waals surface area contributed by atoms with Crippen molar-refractivity contribution in [3.05, 3.63) is 18.0 Å². The third-order valence-corrected chi connectivity index (χ3v) is 4.04. The Morgan fingerprint density at radius 1 is 1.35 bits per heavy atom. The molecule has 5 heteroatoms. The normalized spacial score (nSPS) is 20.6. The zero-order valence-electron chi connectivity index (χ0n) is 12.9. The highest BCUT2D eigenvalue weighted by Gasteiger charge is 2.32. The van der Waals surface area contributed by atoms with Crippen LogP contribution < -0.4 is 0 Å². The van der Waals surface area contributed by atoms with E-state index in [1.807, 2.05) is 22.8 Å². The number of hydrogen-bond acceptors (Lipinski definition) is 3. The van der Waals surface area contributed by atoms with E-state index >= 15 is 0 Å². The molecule has 112 valence electrons. The lowest BCUT2D eigenvalue weighted by Crippen LogP contribution is -2.55. The summed E-state index contributed by atoms with van der Waals surface area (Å²) in [5, 5.41) is 4.53. The Morgan fingerprint density at radius 2 is 2.15 bits per heavy atom. The SMILES string of the molecule is CCCCC1C(=O)N(C)CCN1Cc1ccn(CC)n1. The summed E-state index contributed by atoms with van der Waals surface area (Å²) < 4.78 is 1.94. The Balaban J connectivity index is 2.04. The molecule has 1 aliphatic rings. The Morgan fingerprint density at radius 3 is 2.80 bits per heavy atom. The predicted octanol–water partition coefficient (Wildman–Crippen LogP) is 1.74. The van der Waals surface area contributed by atoms with Gasteiger partial charge < -0.3 is 4.90 Å². The Hall–Kier alpha value is -1.36. The van der Waals surface area contributed by atoms with Gasteiger partial charge in [0, 0.05) is 39.4 Å². The molecule has 5 nitrogen and oxygen atoms in total. The van der Waals surface area contributed by atoms with E-state index in [2.05, 4.69) is 29.9 Å². The van der Waals surface area contributed by atoms with Crippen LogP contribution in [-0.2, 0) is 17.9 Å². The Kier molecular flexibility index (Phi) is 5.17. The maximum absolute atomic E-state index is 12.4. The van der Waals surface area contributed by atoms with Gasteiger partial charge in [-0.25, -0.2) is 0 Å². The van der Waals surface area contributed by atoms with E-state index in [0.29, 0.717) is 0 Å². The zero-order chi connectivity index (χ0) is 14.5. The highest BCUT2D eigenvalue weighted by molar-refractivity contribution is 5.82. The van der Waals surface area contributed by atoms with Gasteiger partial charge in [0.05, 0.1) is 11.7 Å². The molecule has 0 aromatic carbocycles. The first-order chi connectivity index (χ1) is 9.65. The first-order valence-electron chi connectivity index (χ1n) is 7.67. The number of carbonyl (C=O) groups is 1. The van der Waals surface area contributed by atoms with Crippen molar-refractivity contribution >= 4 is 5.91 Å². The van der Waals surface area contributed by atoms with Gasteiger partial charge in [-0.1, -0.05) is 19.8 Å². The predicted molar refractivity (Wildman–Crippen MR) is 79.3 cm³/mol. The van der Waals surface area contributed by atoms with Gasteiger partial charge in [0.2, 0.25) is 5.91 Å². The summed E-state index contributed by atoms with van der Waals surface area (Å²) in [7, 11) is 1.91. The molecule has 2 rings (SSSR count). The van der Waals surface area contributed by atoms with Gasteiger partial charge in [-0.15, -0.1) is 0 Å². The smallest absolute Gasteiger partial charge is 0.239 e. The summed E-state index contributed by atoms with van der Waals surface area (Å²) >= 11 is 0. The fourth-order valence-corrected chi connectivity index (χ4v) is 2.72. The van der Waals surface area contributed by atoms with Gasteiger partial charge in [0.1, 0.15) is 0 Å². The summed E-state index contributed by atoms with van der Waals surface area (Å²) in [6.07, 6.45) is 5.19. The molecule has 1 aliphatic heterocycles. The molecule has 2 heterocycles. The van der Waals surface area contributed by atoms with E-state index in [0.717, 1.165) is 51.1 Å². The van der Waals surface area contributed by atoms with Crippen LogP contribution in [0.5, 0.6) is 0 Å². The number of hydrogen-bond donors (Lipinski definition) is 0. The van der Waals surface area contributed by atoms with E-state index in [1.54, 1.807) is 0 Å². The molecule has 0 bridgehead atoms. The molecule has 20 heavy (non-hydrogen) atoms. The summed E-state index contributed by atoms with van der Waals surface area (Å²) in [5.74, 6) is 0.264. The van der Waals surface area contributed by atoms with Crippen molar-refractivity contribution < 1.29 is 4.79 Å². The lowest BCUT2D eigenvalue weighted by Gasteiger charge is -2.38. The van der Waals surface area contributed by atoms with Crippen LogP contribution in [0.25, 0.3) is 0 Å². The van der Waals surface area contributed by atoms with Crippen molar-refractivity contribution in [2.24, 2.45) is 0 Å². The Labute approximate surface area is 121 Å². The fraction of sp³-hybridized carbons (Fsp3) is 0.733. The molecule has 0 radical (unpaired) electrons. The lowest BCUT2D eigenvalue weighted by atomic mass is 10.0. The molecule has 0 spiro atoms. The second-order valence-electron chi connectivity index (χ2n) is 5.55. The summed E-state index contributed by atoms with van der Waals surface area (Å²) in [6, 6.07) is 2.09. The third-order valence-electron chi connectivity index (χ3n) is 4.04. The average Bonchev–Trinajstić information content (AvgIpc) is 2.90. The van der Waals surface area contributed by atoms with Gasteiger partial charge in [-0.2, -0.15) is 5.10 Å². The molecular formula is C15H26N4O. The maximum atomic E-state index is 12.4. The summed E-state index contributed by atoms with van der Waals surface area (Å²) in [6.45, 7) is 7.68. The number of unbranched alkanes of at least 4 members (excludes halogenated alkanes) is 1. The first-order valence-corrected chi connectivity index (χ1v) is 7.67. The van der Waals surface area contributed by atoms with Crippen LogP contribution in [0.15, 0.2) is 12.3 Å². The van der Waals surface area contributed by atoms with Gasteiger partial charge >= 0.3 is 0 Å². The van der Waals surface area contributed by atoms with Crippen molar-refractivity contribution in [2.45, 2.75) is 52.2 Å². The molecule has 1 aromatic rings. The number of likely N-dealkylation sites (N-methyl/N-ethyl adjacent to an activating group) is 1. The number of amides is 1. The van der Waals surface area contributed by atoms with Crippen molar-refractivity contribution in [1.29, 1.82) is 0 Å². The minimum Gasteiger partial charge on any atom is -0.343 e. The van der Waals surface area contributed by atoms with Gasteiger partial charge in [0.25, 0.3) is 0 Å². The molecule has 1 aromatic heterocycles. The quantitative estimate of drug-likeness (QED) is 0.796. The van der Waals surface area contributed by atoms with Crippen LogP contribution in [0.3, 0.4) is 0 Å². The van der Waals surface area contributed by atoms with E-state index in [4.69, 9.17) is 0 Å². The standard InChI is InChI=1S/C15H26N4O/c1-4-6-7-14-15(20)17(3)10-11-18(14)12-13-8-9-19(5-2)16-13/h8-9,14H,4-7,10-12H2,1-3H3. The van der Waals surface area contributed by atoms with Gasteiger partial charge in [0.15, 0.2) is 0 Å². The monoisotopic (exact) mass is 278 g/mol. The van der Waals surface area contributed by atoms with E-state index in [9.17, 15) is 4.79 Å². The molecular weight excluding hydrogens is 252 g/mol. The van der Waals surface area contributed by atoms with Gasteiger partial charge in [-0.05, 0) is 19.4 Å². The van der Waals surface area contributed by atoms with Crippen molar-refractivity contribution in [1.82, 2.24) is 19.6 Å². The van der Waals surface area contributed by atoms with Crippen LogP contribution in [0, 0.1) is 0 Å². The molecule has 0 saturated carbocycles. The number of nitrogens with zero attached hydrogens (tertiary/aromatic N) is 4. The number of piperazine rings is 1. The number of aryl methyl sites for hydroxylation is 1. The Bertz CT molecular complexity index is 443. The van der Waals surface area contributed by atoms with Gasteiger partial charge in [-0.3, -0.25) is 14.4 Å². The number of carbonyl (C=O) groups excluding carboxylic acids is 1. The molecule has 1 unspecified atom stereocenters. The second kappa shape index (κ2) is 6.88. The lowest BCUT2D eigenvalue weighted by molar-refractivity contribution is -0.140. The average molecular weight is 278 g/mol. The zero-order valence-corrected chi connectivity index (χ0v) is 12.9. The molecule has 0 N–H and O–H groups in total. The van der Waals surface area contributed by atoms with Crippen LogP contribution in [0.4, 0.5) is 0 Å². The highest BCUT2D eigenvalue weighted by atomic mass is 16.2. The largest absolute Gasteiger partial charge is 0.343 e. The minimum absolute atomic E-state index is 0.0282. The third kappa shape index (κ3) is 3.39.